The van der Waals surface area contributed by atoms with Crippen LogP contribution in [0.5, 0.6) is 5.75 Å². The Bertz CT molecular complexity index is 1130. The van der Waals surface area contributed by atoms with Crippen molar-refractivity contribution in [2.24, 2.45) is 0 Å². The number of ether oxygens (including phenoxy) is 1. The summed E-state index contributed by atoms with van der Waals surface area (Å²) in [6.45, 7) is 0.452. The molecule has 0 spiro atoms. The molecule has 5 nitrogen and oxygen atoms in total. The predicted octanol–water partition coefficient (Wildman–Crippen LogP) is 5.37. The number of anilines is 2. The molecule has 30 heavy (non-hydrogen) atoms. The summed E-state index contributed by atoms with van der Waals surface area (Å²) >= 11 is 2.81. The third kappa shape index (κ3) is 3.91. The van der Waals surface area contributed by atoms with Crippen LogP contribution in [-0.2, 0) is 17.8 Å². The van der Waals surface area contributed by atoms with Gasteiger partial charge in [-0.15, -0.1) is 0 Å². The van der Waals surface area contributed by atoms with Gasteiger partial charge in [-0.25, -0.2) is 0 Å². The summed E-state index contributed by atoms with van der Waals surface area (Å²) in [5.74, 6) is 0.547. The van der Waals surface area contributed by atoms with Crippen LogP contribution in [0.4, 0.5) is 16.2 Å². The Morgan fingerprint density at radius 2 is 1.67 bits per heavy atom. The van der Waals surface area contributed by atoms with Crippen molar-refractivity contribution in [1.29, 1.82) is 0 Å². The molecule has 0 radical (unpaired) electrons. The van der Waals surface area contributed by atoms with Gasteiger partial charge in [-0.1, -0.05) is 59.9 Å². The molecule has 1 unspecified atom stereocenters. The molecule has 1 atom stereocenters. The highest BCUT2D eigenvalue weighted by molar-refractivity contribution is 8.15. The summed E-state index contributed by atoms with van der Waals surface area (Å²) in [6.07, 6.45) is 0.523. The van der Waals surface area contributed by atoms with Gasteiger partial charge in [0.25, 0.3) is 5.24 Å². The van der Waals surface area contributed by atoms with Gasteiger partial charge in [0.05, 0.1) is 16.6 Å². The number of rotatable bonds is 5. The normalized spacial score (nSPS) is 17.0. The lowest BCUT2D eigenvalue weighted by Gasteiger charge is -2.23. The number of imide groups is 1. The van der Waals surface area contributed by atoms with Crippen LogP contribution in [0.25, 0.3) is 0 Å². The molecular formula is C23H18N2O3S2. The lowest BCUT2D eigenvalue weighted by molar-refractivity contribution is -0.118. The van der Waals surface area contributed by atoms with Crippen molar-refractivity contribution >= 4 is 46.0 Å². The van der Waals surface area contributed by atoms with Crippen molar-refractivity contribution in [3.63, 3.8) is 0 Å². The monoisotopic (exact) mass is 434 g/mol. The maximum Gasteiger partial charge on any atom is 0.286 e. The second kappa shape index (κ2) is 8.08. The van der Waals surface area contributed by atoms with Gasteiger partial charge in [0, 0.05) is 15.4 Å². The molecule has 2 aliphatic heterocycles. The molecule has 3 aromatic rings. The Morgan fingerprint density at radius 1 is 0.867 bits per heavy atom. The van der Waals surface area contributed by atoms with Crippen LogP contribution < -0.4 is 15.4 Å². The SMILES string of the molecule is O=C1NC(=O)C(Cc2ccc(OCc3cccc4c3Nc3ccccc3S4)cc2)S1. The van der Waals surface area contributed by atoms with Crippen LogP contribution in [0, 0.1) is 0 Å². The van der Waals surface area contributed by atoms with E-state index in [9.17, 15) is 9.59 Å². The van der Waals surface area contributed by atoms with E-state index in [1.165, 1.54) is 9.79 Å². The first kappa shape index (κ1) is 19.1. The number of hydrogen-bond donors (Lipinski definition) is 2. The summed E-state index contributed by atoms with van der Waals surface area (Å²) in [5, 5.41) is 5.23. The third-order valence-corrected chi connectivity index (χ3v) is 7.10. The molecule has 1 saturated heterocycles. The van der Waals surface area contributed by atoms with Crippen LogP contribution in [0.1, 0.15) is 11.1 Å². The number of amides is 2. The minimum absolute atomic E-state index is 0.217. The maximum atomic E-state index is 11.7. The average molecular weight is 435 g/mol. The fraction of sp³-hybridized carbons (Fsp3) is 0.130. The standard InChI is InChI=1S/C23H18N2O3S2/c26-22-20(30-23(27)25-22)12-14-8-10-16(11-9-14)28-13-15-4-3-7-19-21(15)24-17-5-1-2-6-18(17)29-19/h1-11,20,24H,12-13H2,(H,25,26,27). The smallest absolute Gasteiger partial charge is 0.286 e. The highest BCUT2D eigenvalue weighted by Gasteiger charge is 2.31. The zero-order chi connectivity index (χ0) is 20.5. The average Bonchev–Trinajstić information content (AvgIpc) is 3.08. The summed E-state index contributed by atoms with van der Waals surface area (Å²) < 4.78 is 6.02. The summed E-state index contributed by atoms with van der Waals surface area (Å²) in [4.78, 5) is 25.4. The van der Waals surface area contributed by atoms with Crippen molar-refractivity contribution in [3.05, 3.63) is 77.9 Å². The Balaban J connectivity index is 1.25. The second-order valence-electron chi connectivity index (χ2n) is 7.03. The molecule has 2 aliphatic rings. The van der Waals surface area contributed by atoms with E-state index in [4.69, 9.17) is 4.74 Å². The van der Waals surface area contributed by atoms with Crippen LogP contribution in [0.15, 0.2) is 76.5 Å². The summed E-state index contributed by atoms with van der Waals surface area (Å²) in [7, 11) is 0. The van der Waals surface area contributed by atoms with Gasteiger partial charge in [-0.05, 0) is 42.3 Å². The van der Waals surface area contributed by atoms with E-state index in [0.717, 1.165) is 40.0 Å². The number of para-hydroxylation sites is 2. The van der Waals surface area contributed by atoms with Crippen molar-refractivity contribution in [3.8, 4) is 5.75 Å². The van der Waals surface area contributed by atoms with Crippen molar-refractivity contribution in [2.75, 3.05) is 5.32 Å². The Kier molecular flexibility index (Phi) is 5.14. The minimum atomic E-state index is -0.355. The molecule has 2 amide bonds. The summed E-state index contributed by atoms with van der Waals surface area (Å²) in [6, 6.07) is 22.2. The minimum Gasteiger partial charge on any atom is -0.489 e. The number of hydrogen-bond acceptors (Lipinski definition) is 6. The first-order valence-corrected chi connectivity index (χ1v) is 11.2. The maximum absolute atomic E-state index is 11.7. The topological polar surface area (TPSA) is 67.4 Å². The van der Waals surface area contributed by atoms with Crippen LogP contribution >= 0.6 is 23.5 Å². The van der Waals surface area contributed by atoms with Crippen molar-refractivity contribution < 1.29 is 14.3 Å². The molecule has 1 fully saturated rings. The molecule has 2 heterocycles. The zero-order valence-corrected chi connectivity index (χ0v) is 17.5. The van der Waals surface area contributed by atoms with Crippen LogP contribution in [0.3, 0.4) is 0 Å². The van der Waals surface area contributed by atoms with E-state index in [-0.39, 0.29) is 16.4 Å². The van der Waals surface area contributed by atoms with Gasteiger partial charge in [0.15, 0.2) is 0 Å². The zero-order valence-electron chi connectivity index (χ0n) is 15.9. The van der Waals surface area contributed by atoms with Crippen molar-refractivity contribution in [1.82, 2.24) is 5.32 Å². The molecule has 150 valence electrons. The van der Waals surface area contributed by atoms with Crippen LogP contribution in [0.2, 0.25) is 0 Å². The molecule has 0 aromatic heterocycles. The predicted molar refractivity (Wildman–Crippen MR) is 120 cm³/mol. The first-order chi connectivity index (χ1) is 14.7. The lowest BCUT2D eigenvalue weighted by atomic mass is 10.1. The lowest BCUT2D eigenvalue weighted by Crippen LogP contribution is -2.25. The fourth-order valence-corrected chi connectivity index (χ4v) is 5.36. The number of carbonyl (C=O) groups excluding carboxylic acids is 2. The van der Waals surface area contributed by atoms with E-state index in [1.54, 1.807) is 11.8 Å². The molecule has 3 aromatic carbocycles. The quantitative estimate of drug-likeness (QED) is 0.440. The van der Waals surface area contributed by atoms with E-state index < -0.39 is 0 Å². The van der Waals surface area contributed by atoms with Crippen molar-refractivity contribution in [2.45, 2.75) is 28.1 Å². The highest BCUT2D eigenvalue weighted by atomic mass is 32.2. The molecular weight excluding hydrogens is 416 g/mol. The highest BCUT2D eigenvalue weighted by Crippen LogP contribution is 2.45. The van der Waals surface area contributed by atoms with Gasteiger partial charge in [-0.3, -0.25) is 14.9 Å². The number of carbonyl (C=O) groups is 2. The number of benzene rings is 3. The third-order valence-electron chi connectivity index (χ3n) is 4.98. The van der Waals surface area contributed by atoms with Gasteiger partial charge < -0.3 is 10.1 Å². The molecule has 0 aliphatic carbocycles. The Labute approximate surface area is 182 Å². The van der Waals surface area contributed by atoms with Gasteiger partial charge in [0.1, 0.15) is 12.4 Å². The van der Waals surface area contributed by atoms with Gasteiger partial charge >= 0.3 is 0 Å². The van der Waals surface area contributed by atoms with E-state index >= 15 is 0 Å². The molecule has 0 bridgehead atoms. The van der Waals surface area contributed by atoms with Crippen LogP contribution in [-0.4, -0.2) is 16.4 Å². The molecule has 7 heteroatoms. The molecule has 0 saturated carbocycles. The Morgan fingerprint density at radius 3 is 2.47 bits per heavy atom. The van der Waals surface area contributed by atoms with Gasteiger partial charge in [0.2, 0.25) is 5.91 Å². The van der Waals surface area contributed by atoms with E-state index in [1.807, 2.05) is 36.4 Å². The van der Waals surface area contributed by atoms with E-state index in [0.29, 0.717) is 13.0 Å². The number of thioether (sulfide) groups is 1. The summed E-state index contributed by atoms with van der Waals surface area (Å²) in [5.41, 5.74) is 4.29. The fourth-order valence-electron chi connectivity index (χ4n) is 3.46. The first-order valence-electron chi connectivity index (χ1n) is 9.55. The molecule has 5 rings (SSSR count). The molecule has 2 N–H and O–H groups in total. The largest absolute Gasteiger partial charge is 0.489 e. The number of fused-ring (bicyclic) bond motifs is 2. The Hall–Kier alpha value is -2.90. The number of nitrogens with one attached hydrogen (secondary N) is 2. The van der Waals surface area contributed by atoms with Gasteiger partial charge in [-0.2, -0.15) is 0 Å². The van der Waals surface area contributed by atoms with E-state index in [2.05, 4.69) is 41.0 Å². The second-order valence-corrected chi connectivity index (χ2v) is 9.29.